The molecule has 1 fully saturated rings. The van der Waals surface area contributed by atoms with Crippen LogP contribution in [0.4, 0.5) is 14.6 Å². The molecule has 1 aliphatic rings. The molecule has 1 aromatic carbocycles. The van der Waals surface area contributed by atoms with Gasteiger partial charge in [0.05, 0.1) is 6.61 Å². The van der Waals surface area contributed by atoms with Crippen LogP contribution in [-0.4, -0.2) is 72.3 Å². The molecule has 2 heterocycles. The van der Waals surface area contributed by atoms with Gasteiger partial charge in [-0.3, -0.25) is 27.5 Å². The fourth-order valence-corrected chi connectivity index (χ4v) is 8.98. The molecule has 0 bridgehead atoms. The van der Waals surface area contributed by atoms with Crippen LogP contribution in [0.1, 0.15) is 18.7 Å². The maximum absolute atomic E-state index is 14.8. The normalized spacial score (nSPS) is 24.5. The first-order valence-corrected chi connectivity index (χ1v) is 17.4. The van der Waals surface area contributed by atoms with Gasteiger partial charge in [0.25, 0.3) is 7.52 Å². The van der Waals surface area contributed by atoms with Crippen molar-refractivity contribution >= 4 is 35.0 Å². The Labute approximate surface area is 249 Å². The number of hydrogen-bond acceptors (Lipinski definition) is 15. The highest BCUT2D eigenvalue weighted by Crippen LogP contribution is 2.70. The number of esters is 1. The van der Waals surface area contributed by atoms with Gasteiger partial charge in [0, 0.05) is 27.1 Å². The van der Waals surface area contributed by atoms with Gasteiger partial charge in [-0.05, 0) is 18.6 Å². The van der Waals surface area contributed by atoms with Crippen molar-refractivity contribution in [2.75, 3.05) is 33.2 Å². The van der Waals surface area contributed by atoms with Gasteiger partial charge in [-0.1, -0.05) is 30.3 Å². The monoisotopic (exact) mass is 690 g/mol. The van der Waals surface area contributed by atoms with Crippen LogP contribution < -0.4 is 16.5 Å². The summed E-state index contributed by atoms with van der Waals surface area (Å²) >= 11 is 0. The maximum atomic E-state index is 14.8. The Morgan fingerprint density at radius 1 is 1.16 bits per heavy atom. The van der Waals surface area contributed by atoms with Crippen molar-refractivity contribution in [3.63, 3.8) is 0 Å². The predicted octanol–water partition coefficient (Wildman–Crippen LogP) is 2.82. The number of benzene rings is 1. The number of aliphatic hydroxyl groups is 1. The van der Waals surface area contributed by atoms with E-state index in [1.54, 1.807) is 30.3 Å². The van der Waals surface area contributed by atoms with E-state index < -0.39 is 71.8 Å². The number of hydrogen-bond donors (Lipinski definition) is 3. The number of carbonyl (C=O) groups is 1. The summed E-state index contributed by atoms with van der Waals surface area (Å²) < 4.78 is 103. The number of nitrogens with one attached hydrogen (secondary N) is 1. The average Bonchev–Trinajstić information content (AvgIpc) is 3.18. The summed E-state index contributed by atoms with van der Waals surface area (Å²) in [6, 6.07) is 8.45. The zero-order chi connectivity index (χ0) is 32.9. The number of phosphoric ester groups is 1. The van der Waals surface area contributed by atoms with E-state index in [0.717, 1.165) is 33.1 Å². The van der Waals surface area contributed by atoms with Gasteiger partial charge in [0.2, 0.25) is 6.23 Å². The number of aliphatic hydroxyl groups excluding tert-OH is 1. The number of nitrogens with zero attached hydrogens (tertiary/aromatic N) is 2. The second-order valence-corrected chi connectivity index (χ2v) is 15.2. The molecular formula is C22H31F2N4O13P3. The maximum Gasteiger partial charge on any atom is 0.490 e. The van der Waals surface area contributed by atoms with Gasteiger partial charge < -0.3 is 20.3 Å². The molecule has 7 atom stereocenters. The molecular weight excluding hydrogens is 659 g/mol. The van der Waals surface area contributed by atoms with Crippen molar-refractivity contribution in [1.29, 1.82) is 0 Å². The van der Waals surface area contributed by atoms with Crippen LogP contribution >= 0.6 is 23.2 Å². The summed E-state index contributed by atoms with van der Waals surface area (Å²) in [6.07, 6.45) is -6.02. The van der Waals surface area contributed by atoms with Crippen LogP contribution in [-0.2, 0) is 56.8 Å². The van der Waals surface area contributed by atoms with Crippen LogP contribution in [0.15, 0.2) is 47.4 Å². The fraction of sp³-hybridized carbons (Fsp3) is 0.500. The molecule has 4 unspecified atom stereocenters. The van der Waals surface area contributed by atoms with E-state index >= 15 is 0 Å². The Kier molecular flexibility index (Phi) is 11.8. The Morgan fingerprint density at radius 3 is 2.39 bits per heavy atom. The third-order valence-corrected chi connectivity index (χ3v) is 11.7. The first-order chi connectivity index (χ1) is 20.4. The molecule has 22 heteroatoms. The Hall–Kier alpha value is -2.40. The van der Waals surface area contributed by atoms with Crippen LogP contribution in [0.5, 0.6) is 0 Å². The molecule has 0 radical (unpaired) electrons. The van der Waals surface area contributed by atoms with Crippen molar-refractivity contribution in [3.8, 4) is 0 Å². The zero-order valence-electron chi connectivity index (χ0n) is 23.7. The number of phosphoric acid groups is 2. The van der Waals surface area contributed by atoms with E-state index in [4.69, 9.17) is 28.4 Å². The lowest BCUT2D eigenvalue weighted by Crippen LogP contribution is -2.42. The fourth-order valence-electron chi connectivity index (χ4n) is 3.66. The molecule has 246 valence electrons. The first kappa shape index (κ1) is 36.1. The number of nitrogens with two attached hydrogens (primary N) is 1. The van der Waals surface area contributed by atoms with Gasteiger partial charge in [0.1, 0.15) is 24.6 Å². The van der Waals surface area contributed by atoms with Gasteiger partial charge in [-0.2, -0.15) is 18.1 Å². The molecule has 1 saturated heterocycles. The quantitative estimate of drug-likeness (QED) is 0.180. The Balaban J connectivity index is 1.64. The molecule has 3 rings (SSSR count). The molecule has 0 amide bonds. The van der Waals surface area contributed by atoms with Crippen LogP contribution in [0.3, 0.4) is 0 Å². The summed E-state index contributed by atoms with van der Waals surface area (Å²) in [5.74, 6) is -5.17. The highest BCUT2D eigenvalue weighted by Gasteiger charge is 2.60. The standard InChI is InChI=1S/C22H31F2N4O13P3/c1-14(19(30)37-12-15-8-6-5-7-9-15)27-42(4,32)40-44(34,36-3)41-43(33,35-2)38-13-16-18(29)22(23,24)20(39-16)28-11-10-17(25)26-21(28)31/h5-11,14,16,18,20,29H,12-13H2,1-4H3,(H,27,32)(H2,25,26,31)/t14-,16+,18?,20+,42?,43?,44?/m0/s1. The van der Waals surface area contributed by atoms with Crippen LogP contribution in [0.2, 0.25) is 0 Å². The summed E-state index contributed by atoms with van der Waals surface area (Å²) in [6.45, 7) is 0.972. The van der Waals surface area contributed by atoms with E-state index in [0.29, 0.717) is 10.1 Å². The minimum absolute atomic E-state index is 0.0890. The molecule has 0 spiro atoms. The SMILES string of the molecule is COP(=O)(OC[C@H]1O[C@@H](n2ccc(N)nc2=O)C(F)(F)C1O)OP(=O)(OC)OP(C)(=O)N[C@@H](C)C(=O)OCc1ccccc1. The molecule has 2 aromatic rings. The zero-order valence-corrected chi connectivity index (χ0v) is 26.4. The van der Waals surface area contributed by atoms with Gasteiger partial charge >= 0.3 is 33.2 Å². The Bertz CT molecular complexity index is 1520. The Morgan fingerprint density at radius 2 is 1.80 bits per heavy atom. The minimum Gasteiger partial charge on any atom is -0.460 e. The van der Waals surface area contributed by atoms with E-state index in [9.17, 15) is 37.2 Å². The molecule has 4 N–H and O–H groups in total. The lowest BCUT2D eigenvalue weighted by molar-refractivity contribution is -0.146. The molecule has 0 saturated carbocycles. The molecule has 1 aromatic heterocycles. The lowest BCUT2D eigenvalue weighted by Gasteiger charge is -2.25. The van der Waals surface area contributed by atoms with E-state index in [1.807, 2.05) is 0 Å². The van der Waals surface area contributed by atoms with Gasteiger partial charge in [-0.25, -0.2) is 23.3 Å². The largest absolute Gasteiger partial charge is 0.490 e. The molecule has 44 heavy (non-hydrogen) atoms. The van der Waals surface area contributed by atoms with Crippen molar-refractivity contribution in [2.24, 2.45) is 0 Å². The van der Waals surface area contributed by atoms with Crippen molar-refractivity contribution in [3.05, 3.63) is 58.6 Å². The number of aromatic nitrogens is 2. The third kappa shape index (κ3) is 9.08. The van der Waals surface area contributed by atoms with Crippen molar-refractivity contribution in [2.45, 2.75) is 43.9 Å². The summed E-state index contributed by atoms with van der Waals surface area (Å²) in [5.41, 5.74) is 4.84. The number of anilines is 1. The first-order valence-electron chi connectivity index (χ1n) is 12.4. The number of nitrogen functional groups attached to an aromatic ring is 1. The molecule has 1 aliphatic heterocycles. The number of alkyl halides is 2. The van der Waals surface area contributed by atoms with Gasteiger partial charge in [0.15, 0.2) is 6.10 Å². The third-order valence-electron chi connectivity index (χ3n) is 5.79. The number of ether oxygens (including phenoxy) is 2. The van der Waals surface area contributed by atoms with Crippen molar-refractivity contribution in [1.82, 2.24) is 14.6 Å². The van der Waals surface area contributed by atoms with E-state index in [1.165, 1.54) is 6.92 Å². The summed E-state index contributed by atoms with van der Waals surface area (Å²) in [5, 5.41) is 12.4. The predicted molar refractivity (Wildman–Crippen MR) is 147 cm³/mol. The smallest absolute Gasteiger partial charge is 0.460 e. The number of halogens is 2. The molecule has 17 nitrogen and oxygen atoms in total. The van der Waals surface area contributed by atoms with Gasteiger partial charge in [-0.15, -0.1) is 0 Å². The summed E-state index contributed by atoms with van der Waals surface area (Å²) in [4.78, 5) is 27.7. The van der Waals surface area contributed by atoms with Crippen molar-refractivity contribution < 1.29 is 64.0 Å². The highest BCUT2D eigenvalue weighted by molar-refractivity contribution is 7.70. The van der Waals surface area contributed by atoms with Crippen LogP contribution in [0, 0.1) is 0 Å². The number of rotatable bonds is 15. The average molecular weight is 690 g/mol. The van der Waals surface area contributed by atoms with E-state index in [2.05, 4.69) is 19.1 Å². The second kappa shape index (κ2) is 14.4. The topological polar surface area (TPSA) is 226 Å². The van der Waals surface area contributed by atoms with Crippen LogP contribution in [0.25, 0.3) is 0 Å². The minimum atomic E-state index is -5.09. The summed E-state index contributed by atoms with van der Waals surface area (Å²) in [7, 11) is -12.9. The molecule has 0 aliphatic carbocycles. The van der Waals surface area contributed by atoms with E-state index in [-0.39, 0.29) is 12.4 Å². The number of carbonyl (C=O) groups excluding carboxylic acids is 1. The lowest BCUT2D eigenvalue weighted by atomic mass is 10.1. The highest BCUT2D eigenvalue weighted by atomic mass is 31.3. The second-order valence-electron chi connectivity index (χ2n) is 9.20.